The Morgan fingerprint density at radius 2 is 2.00 bits per heavy atom. The van der Waals surface area contributed by atoms with E-state index in [9.17, 15) is 4.39 Å². The van der Waals surface area contributed by atoms with E-state index in [4.69, 9.17) is 27.3 Å². The summed E-state index contributed by atoms with van der Waals surface area (Å²) in [6.07, 6.45) is 0. The average Bonchev–Trinajstić information content (AvgIpc) is 2.42. The Morgan fingerprint density at radius 1 is 1.26 bits per heavy atom. The lowest BCUT2D eigenvalue weighted by Gasteiger charge is -2.12. The number of rotatable bonds is 2. The molecule has 0 spiro atoms. The third kappa shape index (κ3) is 2.47. The van der Waals surface area contributed by atoms with Gasteiger partial charge >= 0.3 is 0 Å². The Kier molecular flexibility index (Phi) is 3.59. The minimum atomic E-state index is -0.501. The zero-order valence-corrected chi connectivity index (χ0v) is 10.8. The molecule has 3 nitrogen and oxygen atoms in total. The van der Waals surface area contributed by atoms with Crippen LogP contribution >= 0.6 is 11.6 Å². The van der Waals surface area contributed by atoms with Crippen molar-refractivity contribution < 1.29 is 9.13 Å². The molecule has 0 amide bonds. The summed E-state index contributed by atoms with van der Waals surface area (Å²) in [4.78, 5) is 0. The van der Waals surface area contributed by atoms with Gasteiger partial charge in [-0.15, -0.1) is 0 Å². The van der Waals surface area contributed by atoms with Gasteiger partial charge in [0, 0.05) is 11.1 Å². The van der Waals surface area contributed by atoms with E-state index in [2.05, 4.69) is 0 Å². The maximum Gasteiger partial charge on any atom is 0.126 e. The van der Waals surface area contributed by atoms with Crippen LogP contribution in [0.4, 0.5) is 10.1 Å². The fourth-order valence-corrected chi connectivity index (χ4v) is 2.00. The van der Waals surface area contributed by atoms with Crippen LogP contribution in [0.15, 0.2) is 30.3 Å². The van der Waals surface area contributed by atoms with Gasteiger partial charge in [0.25, 0.3) is 0 Å². The van der Waals surface area contributed by atoms with Crippen molar-refractivity contribution in [1.82, 2.24) is 0 Å². The summed E-state index contributed by atoms with van der Waals surface area (Å²) in [6.45, 7) is 0. The van der Waals surface area contributed by atoms with E-state index in [1.165, 1.54) is 13.2 Å². The van der Waals surface area contributed by atoms with Crippen molar-refractivity contribution in [2.24, 2.45) is 0 Å². The Labute approximate surface area is 115 Å². The molecular weight excluding hydrogens is 267 g/mol. The number of anilines is 1. The monoisotopic (exact) mass is 276 g/mol. The molecule has 0 atom stereocenters. The summed E-state index contributed by atoms with van der Waals surface area (Å²) in [5.74, 6) is -0.00835. The number of benzene rings is 2. The van der Waals surface area contributed by atoms with Crippen LogP contribution in [0.5, 0.6) is 5.75 Å². The first-order chi connectivity index (χ1) is 9.06. The van der Waals surface area contributed by atoms with E-state index >= 15 is 0 Å². The minimum Gasteiger partial charge on any atom is -0.496 e. The number of nitrogens with zero attached hydrogens (tertiary/aromatic N) is 1. The lowest BCUT2D eigenvalue weighted by molar-refractivity contribution is 0.416. The average molecular weight is 277 g/mol. The topological polar surface area (TPSA) is 59.0 Å². The van der Waals surface area contributed by atoms with E-state index in [0.29, 0.717) is 22.4 Å². The van der Waals surface area contributed by atoms with Gasteiger partial charge in [-0.1, -0.05) is 11.6 Å². The first-order valence-corrected chi connectivity index (χ1v) is 5.77. The molecule has 0 unspecified atom stereocenters. The van der Waals surface area contributed by atoms with Gasteiger partial charge in [-0.3, -0.25) is 0 Å². The van der Waals surface area contributed by atoms with Crippen molar-refractivity contribution >= 4 is 17.3 Å². The van der Waals surface area contributed by atoms with Gasteiger partial charge in [-0.25, -0.2) is 4.39 Å². The first kappa shape index (κ1) is 13.2. The van der Waals surface area contributed by atoms with Gasteiger partial charge in [-0.2, -0.15) is 5.26 Å². The molecule has 2 N–H and O–H groups in total. The summed E-state index contributed by atoms with van der Waals surface area (Å²) in [7, 11) is 1.49. The highest BCUT2D eigenvalue weighted by molar-refractivity contribution is 6.33. The fraction of sp³-hybridized carbons (Fsp3) is 0.0714. The molecule has 0 saturated carbocycles. The summed E-state index contributed by atoms with van der Waals surface area (Å²) in [5.41, 5.74) is 7.46. The molecule has 0 aliphatic heterocycles. The van der Waals surface area contributed by atoms with E-state index < -0.39 is 5.82 Å². The van der Waals surface area contributed by atoms with Crippen LogP contribution in [0.25, 0.3) is 11.1 Å². The van der Waals surface area contributed by atoms with Crippen LogP contribution in [0.3, 0.4) is 0 Å². The highest BCUT2D eigenvalue weighted by Crippen LogP contribution is 2.38. The van der Waals surface area contributed by atoms with Crippen molar-refractivity contribution in [3.63, 3.8) is 0 Å². The van der Waals surface area contributed by atoms with Crippen LogP contribution in [0, 0.1) is 17.1 Å². The Bertz CT molecular complexity index is 680. The molecule has 0 saturated heterocycles. The molecule has 19 heavy (non-hydrogen) atoms. The summed E-state index contributed by atoms with van der Waals surface area (Å²) in [5, 5.41) is 9.05. The molecule has 96 valence electrons. The molecule has 0 aliphatic rings. The fourth-order valence-electron chi connectivity index (χ4n) is 1.80. The molecule has 0 aliphatic carbocycles. The Balaban J connectivity index is 2.74. The molecule has 2 aromatic rings. The zero-order valence-electron chi connectivity index (χ0n) is 10.1. The van der Waals surface area contributed by atoms with E-state index in [1.54, 1.807) is 18.2 Å². The molecule has 0 fully saturated rings. The summed E-state index contributed by atoms with van der Waals surface area (Å²) >= 11 is 5.87. The maximum absolute atomic E-state index is 13.5. The highest BCUT2D eigenvalue weighted by atomic mass is 35.5. The molecule has 0 radical (unpaired) electrons. The molecule has 0 bridgehead atoms. The molecular formula is C14H10ClFN2O. The standard InChI is InChI=1S/C14H10ClFN2O/c1-19-13-3-2-8(7-17)4-10(13)11-5-9(16)6-12(15)14(11)18/h2-6H,18H2,1H3. The molecule has 2 aromatic carbocycles. The number of hydrogen-bond donors (Lipinski definition) is 1. The second-order valence-electron chi connectivity index (χ2n) is 3.88. The van der Waals surface area contributed by atoms with Crippen LogP contribution in [-0.2, 0) is 0 Å². The summed E-state index contributed by atoms with van der Waals surface area (Å²) < 4.78 is 18.7. The Hall–Kier alpha value is -2.25. The second kappa shape index (κ2) is 5.17. The SMILES string of the molecule is COc1ccc(C#N)cc1-c1cc(F)cc(Cl)c1N. The summed E-state index contributed by atoms with van der Waals surface area (Å²) in [6, 6.07) is 9.24. The zero-order chi connectivity index (χ0) is 14.0. The number of halogens is 2. The lowest BCUT2D eigenvalue weighted by Crippen LogP contribution is -1.96. The lowest BCUT2D eigenvalue weighted by atomic mass is 10.0. The van der Waals surface area contributed by atoms with Gasteiger partial charge in [0.15, 0.2) is 0 Å². The highest BCUT2D eigenvalue weighted by Gasteiger charge is 2.14. The smallest absolute Gasteiger partial charge is 0.126 e. The molecule has 2 rings (SSSR count). The van der Waals surface area contributed by atoms with Crippen molar-refractivity contribution in [3.8, 4) is 22.9 Å². The van der Waals surface area contributed by atoms with Crippen LogP contribution in [0.1, 0.15) is 5.56 Å². The van der Waals surface area contributed by atoms with Gasteiger partial charge in [0.05, 0.1) is 29.5 Å². The van der Waals surface area contributed by atoms with Crippen molar-refractivity contribution in [2.75, 3.05) is 12.8 Å². The van der Waals surface area contributed by atoms with Crippen molar-refractivity contribution in [2.45, 2.75) is 0 Å². The van der Waals surface area contributed by atoms with E-state index in [1.807, 2.05) is 6.07 Å². The van der Waals surface area contributed by atoms with E-state index in [-0.39, 0.29) is 10.7 Å². The van der Waals surface area contributed by atoms with Crippen molar-refractivity contribution in [3.05, 3.63) is 46.7 Å². The van der Waals surface area contributed by atoms with Gasteiger partial charge in [0.2, 0.25) is 0 Å². The van der Waals surface area contributed by atoms with Gasteiger partial charge < -0.3 is 10.5 Å². The number of methoxy groups -OCH3 is 1. The number of ether oxygens (including phenoxy) is 1. The number of nitriles is 1. The van der Waals surface area contributed by atoms with Crippen LogP contribution in [-0.4, -0.2) is 7.11 Å². The van der Waals surface area contributed by atoms with Gasteiger partial charge in [-0.05, 0) is 30.3 Å². The normalized spacial score (nSPS) is 10.0. The quantitative estimate of drug-likeness (QED) is 0.853. The molecule has 5 heteroatoms. The van der Waals surface area contributed by atoms with Crippen LogP contribution < -0.4 is 10.5 Å². The van der Waals surface area contributed by atoms with Crippen LogP contribution in [0.2, 0.25) is 5.02 Å². The largest absolute Gasteiger partial charge is 0.496 e. The predicted octanol–water partition coefficient (Wildman–Crippen LogP) is 3.61. The molecule has 0 aromatic heterocycles. The first-order valence-electron chi connectivity index (χ1n) is 5.40. The van der Waals surface area contributed by atoms with E-state index in [0.717, 1.165) is 6.07 Å². The number of nitrogen functional groups attached to an aromatic ring is 1. The predicted molar refractivity (Wildman–Crippen MR) is 72.5 cm³/mol. The van der Waals surface area contributed by atoms with Crippen molar-refractivity contribution in [1.29, 1.82) is 5.26 Å². The van der Waals surface area contributed by atoms with Gasteiger partial charge in [0.1, 0.15) is 11.6 Å². The molecule has 0 heterocycles. The second-order valence-corrected chi connectivity index (χ2v) is 4.28. The third-order valence-electron chi connectivity index (χ3n) is 2.71. The minimum absolute atomic E-state index is 0.124. The number of nitrogens with two attached hydrogens (primary N) is 1. The third-order valence-corrected chi connectivity index (χ3v) is 3.03. The Morgan fingerprint density at radius 3 is 2.63 bits per heavy atom. The maximum atomic E-state index is 13.5. The number of hydrogen-bond acceptors (Lipinski definition) is 3.